The van der Waals surface area contributed by atoms with E-state index >= 15 is 0 Å². The molecule has 104 valence electrons. The maximum absolute atomic E-state index is 11.9. The summed E-state index contributed by atoms with van der Waals surface area (Å²) in [6.07, 6.45) is 1.27. The molecule has 0 radical (unpaired) electrons. The SMILES string of the molecule is O=C(CCCOc1cccc(Br)c1)N1CCOCC1. The van der Waals surface area contributed by atoms with Crippen molar-refractivity contribution >= 4 is 21.8 Å². The van der Waals surface area contributed by atoms with Crippen LogP contribution in [0.25, 0.3) is 0 Å². The van der Waals surface area contributed by atoms with Crippen molar-refractivity contribution in [3.8, 4) is 5.75 Å². The molecule has 0 unspecified atom stereocenters. The molecule has 1 aliphatic rings. The van der Waals surface area contributed by atoms with Gasteiger partial charge in [-0.1, -0.05) is 22.0 Å². The molecule has 1 aliphatic heterocycles. The number of amides is 1. The van der Waals surface area contributed by atoms with Crippen LogP contribution in [0.15, 0.2) is 28.7 Å². The van der Waals surface area contributed by atoms with Crippen LogP contribution in [0.1, 0.15) is 12.8 Å². The highest BCUT2D eigenvalue weighted by atomic mass is 79.9. The van der Waals surface area contributed by atoms with Crippen LogP contribution >= 0.6 is 15.9 Å². The van der Waals surface area contributed by atoms with Gasteiger partial charge in [0.15, 0.2) is 0 Å². The first-order valence-corrected chi connectivity index (χ1v) is 7.29. The molecule has 1 aromatic carbocycles. The van der Waals surface area contributed by atoms with E-state index in [2.05, 4.69) is 15.9 Å². The Hall–Kier alpha value is -1.07. The van der Waals surface area contributed by atoms with E-state index < -0.39 is 0 Å². The minimum Gasteiger partial charge on any atom is -0.494 e. The molecule has 1 amide bonds. The number of halogens is 1. The van der Waals surface area contributed by atoms with Crippen LogP contribution in [-0.2, 0) is 9.53 Å². The van der Waals surface area contributed by atoms with Crippen LogP contribution in [0, 0.1) is 0 Å². The Bertz CT molecular complexity index is 419. The summed E-state index contributed by atoms with van der Waals surface area (Å²) in [5, 5.41) is 0. The number of hydrogen-bond acceptors (Lipinski definition) is 3. The Balaban J connectivity index is 1.65. The molecule has 1 heterocycles. The number of ether oxygens (including phenoxy) is 2. The second-order valence-corrected chi connectivity index (χ2v) is 5.32. The van der Waals surface area contributed by atoms with Crippen molar-refractivity contribution in [2.24, 2.45) is 0 Å². The Morgan fingerprint density at radius 2 is 2.16 bits per heavy atom. The smallest absolute Gasteiger partial charge is 0.222 e. The highest BCUT2D eigenvalue weighted by Gasteiger charge is 2.15. The number of morpholine rings is 1. The van der Waals surface area contributed by atoms with Crippen LogP contribution in [-0.4, -0.2) is 43.7 Å². The molecule has 4 nitrogen and oxygen atoms in total. The van der Waals surface area contributed by atoms with Crippen LogP contribution in [0.5, 0.6) is 5.75 Å². The Labute approximate surface area is 121 Å². The Morgan fingerprint density at radius 3 is 2.89 bits per heavy atom. The maximum atomic E-state index is 11.9. The summed E-state index contributed by atoms with van der Waals surface area (Å²) in [4.78, 5) is 13.7. The summed E-state index contributed by atoms with van der Waals surface area (Å²) < 4.78 is 11.8. The minimum absolute atomic E-state index is 0.196. The van der Waals surface area contributed by atoms with Gasteiger partial charge in [0.1, 0.15) is 5.75 Å². The quantitative estimate of drug-likeness (QED) is 0.780. The maximum Gasteiger partial charge on any atom is 0.222 e. The van der Waals surface area contributed by atoms with E-state index in [1.54, 1.807) is 0 Å². The van der Waals surface area contributed by atoms with Crippen molar-refractivity contribution in [2.75, 3.05) is 32.9 Å². The number of hydrogen-bond donors (Lipinski definition) is 0. The van der Waals surface area contributed by atoms with Gasteiger partial charge in [-0.3, -0.25) is 4.79 Å². The lowest BCUT2D eigenvalue weighted by atomic mass is 10.2. The highest BCUT2D eigenvalue weighted by molar-refractivity contribution is 9.10. The predicted octanol–water partition coefficient (Wildman–Crippen LogP) is 2.47. The third kappa shape index (κ3) is 4.84. The van der Waals surface area contributed by atoms with Crippen molar-refractivity contribution < 1.29 is 14.3 Å². The second-order valence-electron chi connectivity index (χ2n) is 4.40. The highest BCUT2D eigenvalue weighted by Crippen LogP contribution is 2.18. The molecule has 1 aromatic rings. The molecule has 5 heteroatoms. The van der Waals surface area contributed by atoms with E-state index in [9.17, 15) is 4.79 Å². The average Bonchev–Trinajstić information content (AvgIpc) is 2.44. The standard InChI is InChI=1S/C14H18BrNO3/c15-12-3-1-4-13(11-12)19-8-2-5-14(17)16-6-9-18-10-7-16/h1,3-4,11H,2,5-10H2. The van der Waals surface area contributed by atoms with E-state index in [0.717, 1.165) is 16.6 Å². The molecule has 0 aromatic heterocycles. The molecule has 0 atom stereocenters. The number of rotatable bonds is 5. The van der Waals surface area contributed by atoms with Crippen LogP contribution in [0.4, 0.5) is 0 Å². The van der Waals surface area contributed by atoms with Gasteiger partial charge in [0.25, 0.3) is 0 Å². The van der Waals surface area contributed by atoms with E-state index in [4.69, 9.17) is 9.47 Å². The zero-order valence-corrected chi connectivity index (χ0v) is 12.4. The van der Waals surface area contributed by atoms with Gasteiger partial charge in [0, 0.05) is 24.0 Å². The molecule has 1 fully saturated rings. The first-order valence-electron chi connectivity index (χ1n) is 6.49. The van der Waals surface area contributed by atoms with Gasteiger partial charge in [-0.2, -0.15) is 0 Å². The fourth-order valence-corrected chi connectivity index (χ4v) is 2.32. The van der Waals surface area contributed by atoms with Gasteiger partial charge in [-0.25, -0.2) is 0 Å². The summed E-state index contributed by atoms with van der Waals surface area (Å²) in [6, 6.07) is 7.71. The molecular weight excluding hydrogens is 310 g/mol. The number of benzene rings is 1. The zero-order chi connectivity index (χ0) is 13.5. The lowest BCUT2D eigenvalue weighted by Gasteiger charge is -2.26. The number of carbonyl (C=O) groups excluding carboxylic acids is 1. The molecular formula is C14H18BrNO3. The van der Waals surface area contributed by atoms with Gasteiger partial charge < -0.3 is 14.4 Å². The van der Waals surface area contributed by atoms with Crippen molar-refractivity contribution in [3.63, 3.8) is 0 Å². The summed E-state index contributed by atoms with van der Waals surface area (Å²) >= 11 is 3.39. The van der Waals surface area contributed by atoms with Crippen LogP contribution in [0.3, 0.4) is 0 Å². The fraction of sp³-hybridized carbons (Fsp3) is 0.500. The average molecular weight is 328 g/mol. The zero-order valence-electron chi connectivity index (χ0n) is 10.8. The summed E-state index contributed by atoms with van der Waals surface area (Å²) in [7, 11) is 0. The Morgan fingerprint density at radius 1 is 1.37 bits per heavy atom. The first-order chi connectivity index (χ1) is 9.25. The minimum atomic E-state index is 0.196. The largest absolute Gasteiger partial charge is 0.494 e. The topological polar surface area (TPSA) is 38.8 Å². The summed E-state index contributed by atoms with van der Waals surface area (Å²) in [5.74, 6) is 1.02. The van der Waals surface area contributed by atoms with Crippen molar-refractivity contribution in [3.05, 3.63) is 28.7 Å². The van der Waals surface area contributed by atoms with E-state index in [0.29, 0.717) is 39.3 Å². The van der Waals surface area contributed by atoms with Crippen LogP contribution < -0.4 is 4.74 Å². The molecule has 0 saturated carbocycles. The number of nitrogens with zero attached hydrogens (tertiary/aromatic N) is 1. The lowest BCUT2D eigenvalue weighted by molar-refractivity contribution is -0.135. The first kappa shape index (κ1) is 14.3. The van der Waals surface area contributed by atoms with Crippen molar-refractivity contribution in [2.45, 2.75) is 12.8 Å². The van der Waals surface area contributed by atoms with E-state index in [1.165, 1.54) is 0 Å². The monoisotopic (exact) mass is 327 g/mol. The predicted molar refractivity (Wildman–Crippen MR) is 76.3 cm³/mol. The van der Waals surface area contributed by atoms with Gasteiger partial charge >= 0.3 is 0 Å². The van der Waals surface area contributed by atoms with Gasteiger partial charge in [-0.15, -0.1) is 0 Å². The number of carbonyl (C=O) groups is 1. The lowest BCUT2D eigenvalue weighted by Crippen LogP contribution is -2.40. The molecule has 0 N–H and O–H groups in total. The summed E-state index contributed by atoms with van der Waals surface area (Å²) in [6.45, 7) is 3.30. The van der Waals surface area contributed by atoms with Gasteiger partial charge in [0.2, 0.25) is 5.91 Å². The van der Waals surface area contributed by atoms with E-state index in [-0.39, 0.29) is 5.91 Å². The molecule has 0 spiro atoms. The fourth-order valence-electron chi connectivity index (χ4n) is 1.94. The molecule has 0 bridgehead atoms. The second kappa shape index (κ2) is 7.50. The van der Waals surface area contributed by atoms with E-state index in [1.807, 2.05) is 29.2 Å². The Kier molecular flexibility index (Phi) is 5.66. The van der Waals surface area contributed by atoms with Crippen molar-refractivity contribution in [1.29, 1.82) is 0 Å². The normalized spacial score (nSPS) is 15.3. The molecule has 2 rings (SSSR count). The molecule has 0 aliphatic carbocycles. The van der Waals surface area contributed by atoms with Crippen LogP contribution in [0.2, 0.25) is 0 Å². The van der Waals surface area contributed by atoms with Crippen molar-refractivity contribution in [1.82, 2.24) is 4.90 Å². The molecule has 1 saturated heterocycles. The summed E-state index contributed by atoms with van der Waals surface area (Å²) in [5.41, 5.74) is 0. The third-order valence-corrected chi connectivity index (χ3v) is 3.46. The van der Waals surface area contributed by atoms with Gasteiger partial charge in [0.05, 0.1) is 19.8 Å². The van der Waals surface area contributed by atoms with Gasteiger partial charge in [-0.05, 0) is 24.6 Å². The third-order valence-electron chi connectivity index (χ3n) is 2.96. The molecule has 19 heavy (non-hydrogen) atoms.